The van der Waals surface area contributed by atoms with Gasteiger partial charge in [-0.1, -0.05) is 12.1 Å². The van der Waals surface area contributed by atoms with E-state index in [0.717, 1.165) is 57.0 Å². The van der Waals surface area contributed by atoms with E-state index in [1.807, 2.05) is 50.2 Å². The molecule has 5 rings (SSSR count). The summed E-state index contributed by atoms with van der Waals surface area (Å²) in [7, 11) is 3.82. The van der Waals surface area contributed by atoms with Gasteiger partial charge in [-0.2, -0.15) is 13.2 Å². The number of hydrogen-bond donors (Lipinski definition) is 2. The molecule has 1 amide bonds. The van der Waals surface area contributed by atoms with E-state index in [-0.39, 0.29) is 17.8 Å². The van der Waals surface area contributed by atoms with Crippen molar-refractivity contribution in [2.45, 2.75) is 19.5 Å². The molecule has 0 spiro atoms. The zero-order valence-corrected chi connectivity index (χ0v) is 22.3. The Labute approximate surface area is 228 Å². The van der Waals surface area contributed by atoms with Gasteiger partial charge < -0.3 is 20.5 Å². The first-order valence-electron chi connectivity index (χ1n) is 12.6. The predicted octanol–water partition coefficient (Wildman–Crippen LogP) is 5.68. The topological polar surface area (TPSA) is 104 Å². The number of aromatic amines is 1. The third kappa shape index (κ3) is 5.32. The molecule has 0 bridgehead atoms. The minimum atomic E-state index is -4.61. The highest BCUT2D eigenvalue weighted by atomic mass is 19.4. The predicted molar refractivity (Wildman–Crippen MR) is 150 cm³/mol. The Morgan fingerprint density at radius 1 is 1.00 bits per heavy atom. The molecule has 3 N–H and O–H groups in total. The number of benzene rings is 2. The maximum absolute atomic E-state index is 13.7. The third-order valence-corrected chi connectivity index (χ3v) is 6.81. The van der Waals surface area contributed by atoms with Crippen molar-refractivity contribution in [1.82, 2.24) is 24.8 Å². The maximum Gasteiger partial charge on any atom is 0.416 e. The Balaban J connectivity index is 1.57. The molecule has 3 heterocycles. The first kappa shape index (κ1) is 27.1. The number of fused-ring (bicyclic) bond motifs is 3. The van der Waals surface area contributed by atoms with E-state index in [1.54, 1.807) is 12.4 Å². The molecule has 40 heavy (non-hydrogen) atoms. The van der Waals surface area contributed by atoms with Gasteiger partial charge in [0.15, 0.2) is 0 Å². The molecule has 0 fully saturated rings. The molecule has 0 unspecified atom stereocenters. The van der Waals surface area contributed by atoms with Gasteiger partial charge in [0.2, 0.25) is 0 Å². The van der Waals surface area contributed by atoms with Gasteiger partial charge in [-0.25, -0.2) is 9.97 Å². The van der Waals surface area contributed by atoms with Crippen molar-refractivity contribution in [3.05, 3.63) is 78.0 Å². The molecule has 0 radical (unpaired) electrons. The number of aryl methyl sites for hydroxylation is 1. The van der Waals surface area contributed by atoms with Crippen molar-refractivity contribution in [3.8, 4) is 11.1 Å². The van der Waals surface area contributed by atoms with Crippen LogP contribution in [0.4, 0.5) is 24.5 Å². The van der Waals surface area contributed by atoms with Crippen LogP contribution in [0.15, 0.2) is 61.2 Å². The number of halogens is 3. The molecule has 3 aromatic heterocycles. The number of carbonyl (C=O) groups excluding carboxylic acids is 1. The van der Waals surface area contributed by atoms with E-state index in [9.17, 15) is 18.0 Å². The minimum Gasteiger partial charge on any atom is -0.398 e. The highest BCUT2D eigenvalue weighted by Gasteiger charge is 2.32. The summed E-state index contributed by atoms with van der Waals surface area (Å²) < 4.78 is 40.4. The molecular weight excluding hydrogens is 519 g/mol. The zero-order valence-electron chi connectivity index (χ0n) is 22.3. The third-order valence-electron chi connectivity index (χ3n) is 6.81. The summed E-state index contributed by atoms with van der Waals surface area (Å²) in [6.07, 6.45) is 0.778. The SMILES string of the molecule is Cc1ncc(N(CCCN(C)C)C(=O)c2cc(C(F)(F)F)ccc2N)cc1-c1ccc2c(c1)[nH]c1ncncc12. The molecule has 206 valence electrons. The molecule has 0 aliphatic carbocycles. The summed E-state index contributed by atoms with van der Waals surface area (Å²) in [6.45, 7) is 2.80. The number of carbonyl (C=O) groups is 1. The first-order valence-corrected chi connectivity index (χ1v) is 12.6. The average molecular weight is 548 g/mol. The van der Waals surface area contributed by atoms with Gasteiger partial charge in [-0.3, -0.25) is 9.78 Å². The normalized spacial score (nSPS) is 12.0. The number of H-pyrrole nitrogens is 1. The Hall–Kier alpha value is -4.51. The lowest BCUT2D eigenvalue weighted by Crippen LogP contribution is -2.34. The van der Waals surface area contributed by atoms with Gasteiger partial charge in [-0.05, 0) is 69.9 Å². The van der Waals surface area contributed by atoms with E-state index < -0.39 is 17.6 Å². The maximum atomic E-state index is 13.7. The fourth-order valence-corrected chi connectivity index (χ4v) is 4.72. The van der Waals surface area contributed by atoms with Crippen molar-refractivity contribution in [2.75, 3.05) is 37.8 Å². The molecule has 2 aromatic carbocycles. The van der Waals surface area contributed by atoms with Crippen LogP contribution in [0, 0.1) is 6.92 Å². The molecule has 0 saturated carbocycles. The number of anilines is 2. The summed E-state index contributed by atoms with van der Waals surface area (Å²) in [6, 6.07) is 10.6. The lowest BCUT2D eigenvalue weighted by atomic mass is 10.0. The fourth-order valence-electron chi connectivity index (χ4n) is 4.72. The van der Waals surface area contributed by atoms with Crippen LogP contribution in [-0.4, -0.2) is 57.9 Å². The smallest absolute Gasteiger partial charge is 0.398 e. The van der Waals surface area contributed by atoms with Gasteiger partial charge in [0.25, 0.3) is 5.91 Å². The number of nitrogen functional groups attached to an aromatic ring is 1. The Morgan fingerprint density at radius 2 is 1.80 bits per heavy atom. The number of pyridine rings is 1. The number of amides is 1. The quantitative estimate of drug-likeness (QED) is 0.254. The highest BCUT2D eigenvalue weighted by Crippen LogP contribution is 2.34. The molecule has 0 atom stereocenters. The summed E-state index contributed by atoms with van der Waals surface area (Å²) in [5.74, 6) is -0.622. The second-order valence-corrected chi connectivity index (χ2v) is 9.91. The number of nitrogens with zero attached hydrogens (tertiary/aromatic N) is 5. The van der Waals surface area contributed by atoms with E-state index in [4.69, 9.17) is 5.73 Å². The van der Waals surface area contributed by atoms with Crippen LogP contribution in [0.25, 0.3) is 33.1 Å². The molecule has 8 nitrogen and oxygen atoms in total. The lowest BCUT2D eigenvalue weighted by molar-refractivity contribution is -0.137. The molecule has 0 aliphatic heterocycles. The second-order valence-electron chi connectivity index (χ2n) is 9.91. The largest absolute Gasteiger partial charge is 0.416 e. The van der Waals surface area contributed by atoms with E-state index in [1.165, 1.54) is 11.2 Å². The van der Waals surface area contributed by atoms with Gasteiger partial charge >= 0.3 is 6.18 Å². The van der Waals surface area contributed by atoms with Gasteiger partial charge in [0.05, 0.1) is 23.0 Å². The number of alkyl halides is 3. The van der Waals surface area contributed by atoms with Crippen LogP contribution in [0.2, 0.25) is 0 Å². The summed E-state index contributed by atoms with van der Waals surface area (Å²) in [5.41, 5.74) is 9.27. The number of aromatic nitrogens is 4. The van der Waals surface area contributed by atoms with Crippen LogP contribution < -0.4 is 10.6 Å². The Kier molecular flexibility index (Phi) is 7.16. The second kappa shape index (κ2) is 10.6. The van der Waals surface area contributed by atoms with E-state index in [0.29, 0.717) is 18.7 Å². The van der Waals surface area contributed by atoms with Gasteiger partial charge in [0, 0.05) is 46.0 Å². The molecule has 0 saturated heterocycles. The number of hydrogen-bond acceptors (Lipinski definition) is 6. The van der Waals surface area contributed by atoms with Crippen molar-refractivity contribution < 1.29 is 18.0 Å². The van der Waals surface area contributed by atoms with Crippen molar-refractivity contribution in [1.29, 1.82) is 0 Å². The molecular formula is C29H28F3N7O. The van der Waals surface area contributed by atoms with Gasteiger partial charge in [0.1, 0.15) is 12.0 Å². The number of nitrogens with two attached hydrogens (primary N) is 1. The minimum absolute atomic E-state index is 0.0248. The number of rotatable bonds is 7. The molecule has 11 heteroatoms. The monoisotopic (exact) mass is 547 g/mol. The van der Waals surface area contributed by atoms with E-state index >= 15 is 0 Å². The van der Waals surface area contributed by atoms with Crippen molar-refractivity contribution in [2.24, 2.45) is 0 Å². The summed E-state index contributed by atoms with van der Waals surface area (Å²) >= 11 is 0. The molecule has 5 aromatic rings. The van der Waals surface area contributed by atoms with Crippen LogP contribution in [-0.2, 0) is 6.18 Å². The van der Waals surface area contributed by atoms with Crippen LogP contribution in [0.5, 0.6) is 0 Å². The first-order chi connectivity index (χ1) is 19.0. The van der Waals surface area contributed by atoms with Gasteiger partial charge in [-0.15, -0.1) is 0 Å². The van der Waals surface area contributed by atoms with Crippen LogP contribution in [0.3, 0.4) is 0 Å². The average Bonchev–Trinajstić information content (AvgIpc) is 3.28. The Morgan fingerprint density at radius 3 is 2.55 bits per heavy atom. The zero-order chi connectivity index (χ0) is 28.6. The standard InChI is InChI=1S/C29H28F3N7O/c1-17-22(18-5-7-21-24-15-34-16-36-27(24)37-26(21)11-18)13-20(14-35-17)39(10-4-9-38(2)3)28(40)23-12-19(29(30,31)32)6-8-25(23)33/h5-8,11-16H,4,9-10,33H2,1-3H3,(H,34,36,37). The summed E-state index contributed by atoms with van der Waals surface area (Å²) in [5, 5.41) is 1.88. The fraction of sp³-hybridized carbons (Fsp3) is 0.241. The van der Waals surface area contributed by atoms with E-state index in [2.05, 4.69) is 19.9 Å². The molecule has 0 aliphatic rings. The highest BCUT2D eigenvalue weighted by molar-refractivity contribution is 6.10. The lowest BCUT2D eigenvalue weighted by Gasteiger charge is -2.25. The summed E-state index contributed by atoms with van der Waals surface area (Å²) in [4.78, 5) is 33.4. The van der Waals surface area contributed by atoms with Crippen LogP contribution >= 0.6 is 0 Å². The number of nitrogens with one attached hydrogen (secondary N) is 1. The van der Waals surface area contributed by atoms with Crippen molar-refractivity contribution >= 4 is 39.2 Å². The van der Waals surface area contributed by atoms with Crippen molar-refractivity contribution in [3.63, 3.8) is 0 Å². The van der Waals surface area contributed by atoms with Crippen LogP contribution in [0.1, 0.15) is 28.0 Å². The Bertz CT molecular complexity index is 1710.